The minimum absolute atomic E-state index is 0.117. The third-order valence-electron chi connectivity index (χ3n) is 5.16. The second kappa shape index (κ2) is 10.6. The standard InChI is InChI=1S/C25H25N3O2S2/c1-18(29)28(21-7-3-2-4-8-21)25-27-20(17-31-25)13-16-24(30)26-19-11-14-23(15-12-19)32-22-9-5-6-10-22/h2-4,7-8,11-17,22H,5-6,9-10H2,1H3,(H,26,30)/b16-13+. The summed E-state index contributed by atoms with van der Waals surface area (Å²) in [7, 11) is 0. The first-order valence-electron chi connectivity index (χ1n) is 10.7. The van der Waals surface area contributed by atoms with Crippen LogP contribution in [0.25, 0.3) is 6.08 Å². The van der Waals surface area contributed by atoms with E-state index in [1.54, 1.807) is 11.0 Å². The lowest BCUT2D eigenvalue weighted by Gasteiger charge is -2.17. The van der Waals surface area contributed by atoms with E-state index in [2.05, 4.69) is 22.4 Å². The lowest BCUT2D eigenvalue weighted by molar-refractivity contribution is -0.116. The zero-order chi connectivity index (χ0) is 22.3. The van der Waals surface area contributed by atoms with Crippen LogP contribution in [0.1, 0.15) is 38.3 Å². The highest BCUT2D eigenvalue weighted by Gasteiger charge is 2.17. The number of thiazole rings is 1. The Bertz CT molecular complexity index is 1090. The lowest BCUT2D eigenvalue weighted by Crippen LogP contribution is -2.22. The number of anilines is 3. The summed E-state index contributed by atoms with van der Waals surface area (Å²) in [4.78, 5) is 31.8. The molecule has 0 unspecified atom stereocenters. The van der Waals surface area contributed by atoms with Crippen molar-refractivity contribution < 1.29 is 9.59 Å². The smallest absolute Gasteiger partial charge is 0.248 e. The fourth-order valence-electron chi connectivity index (χ4n) is 3.62. The molecule has 7 heteroatoms. The first-order valence-corrected chi connectivity index (χ1v) is 12.4. The fourth-order valence-corrected chi connectivity index (χ4v) is 5.72. The largest absolute Gasteiger partial charge is 0.323 e. The number of hydrogen-bond donors (Lipinski definition) is 1. The maximum absolute atomic E-state index is 12.3. The van der Waals surface area contributed by atoms with Crippen LogP contribution in [-0.2, 0) is 9.59 Å². The molecule has 1 heterocycles. The molecule has 1 N–H and O–H groups in total. The minimum Gasteiger partial charge on any atom is -0.323 e. The van der Waals surface area contributed by atoms with Crippen molar-refractivity contribution in [2.24, 2.45) is 0 Å². The number of amides is 2. The highest BCUT2D eigenvalue weighted by atomic mass is 32.2. The van der Waals surface area contributed by atoms with E-state index in [1.165, 1.54) is 54.9 Å². The molecule has 0 bridgehead atoms. The average Bonchev–Trinajstić information content (AvgIpc) is 3.47. The van der Waals surface area contributed by atoms with E-state index in [1.807, 2.05) is 59.6 Å². The van der Waals surface area contributed by atoms with E-state index in [4.69, 9.17) is 0 Å². The Balaban J connectivity index is 1.35. The molecular weight excluding hydrogens is 438 g/mol. The van der Waals surface area contributed by atoms with Crippen LogP contribution < -0.4 is 10.2 Å². The van der Waals surface area contributed by atoms with E-state index < -0.39 is 0 Å². The zero-order valence-electron chi connectivity index (χ0n) is 17.9. The topological polar surface area (TPSA) is 62.3 Å². The molecule has 1 fully saturated rings. The summed E-state index contributed by atoms with van der Waals surface area (Å²) in [6, 6.07) is 17.4. The van der Waals surface area contributed by atoms with Gasteiger partial charge >= 0.3 is 0 Å². The molecule has 1 aliphatic carbocycles. The number of nitrogens with zero attached hydrogens (tertiary/aromatic N) is 2. The van der Waals surface area contributed by atoms with Gasteiger partial charge in [0.15, 0.2) is 5.13 Å². The Morgan fingerprint density at radius 3 is 2.50 bits per heavy atom. The van der Waals surface area contributed by atoms with Crippen LogP contribution in [0.2, 0.25) is 0 Å². The van der Waals surface area contributed by atoms with Crippen molar-refractivity contribution in [3.05, 3.63) is 71.7 Å². The van der Waals surface area contributed by atoms with Crippen LogP contribution in [0.5, 0.6) is 0 Å². The Kier molecular flexibility index (Phi) is 7.39. The van der Waals surface area contributed by atoms with Crippen LogP contribution >= 0.6 is 23.1 Å². The van der Waals surface area contributed by atoms with Gasteiger partial charge in [0.05, 0.1) is 11.4 Å². The van der Waals surface area contributed by atoms with Crippen molar-refractivity contribution in [3.63, 3.8) is 0 Å². The van der Waals surface area contributed by atoms with Crippen LogP contribution in [0, 0.1) is 0 Å². The van der Waals surface area contributed by atoms with Crippen molar-refractivity contribution in [2.45, 2.75) is 42.8 Å². The number of nitrogens with one attached hydrogen (secondary N) is 1. The highest BCUT2D eigenvalue weighted by molar-refractivity contribution is 8.00. The van der Waals surface area contributed by atoms with Gasteiger partial charge in [0.1, 0.15) is 0 Å². The molecule has 3 aromatic rings. The number of carbonyl (C=O) groups excluding carboxylic acids is 2. The molecule has 2 aromatic carbocycles. The third-order valence-corrected chi connectivity index (χ3v) is 7.36. The van der Waals surface area contributed by atoms with Crippen LogP contribution in [-0.4, -0.2) is 22.0 Å². The van der Waals surface area contributed by atoms with Gasteiger partial charge in [0.25, 0.3) is 0 Å². The van der Waals surface area contributed by atoms with Crippen LogP contribution in [0.4, 0.5) is 16.5 Å². The Morgan fingerprint density at radius 2 is 1.81 bits per heavy atom. The maximum Gasteiger partial charge on any atom is 0.248 e. The molecule has 0 atom stereocenters. The van der Waals surface area contributed by atoms with Crippen molar-refractivity contribution >= 4 is 57.5 Å². The van der Waals surface area contributed by atoms with Crippen molar-refractivity contribution in [1.29, 1.82) is 0 Å². The summed E-state index contributed by atoms with van der Waals surface area (Å²) >= 11 is 3.29. The fraction of sp³-hybridized carbons (Fsp3) is 0.240. The summed E-state index contributed by atoms with van der Waals surface area (Å²) in [5.74, 6) is -0.337. The molecule has 0 saturated heterocycles. The number of aromatic nitrogens is 1. The average molecular weight is 464 g/mol. The van der Waals surface area contributed by atoms with E-state index in [9.17, 15) is 9.59 Å². The number of thioether (sulfide) groups is 1. The molecular formula is C25H25N3O2S2. The Hall–Kier alpha value is -2.90. The zero-order valence-corrected chi connectivity index (χ0v) is 19.5. The molecule has 1 aromatic heterocycles. The quantitative estimate of drug-likeness (QED) is 0.406. The number of rotatable bonds is 7. The molecule has 32 heavy (non-hydrogen) atoms. The van der Waals surface area contributed by atoms with Crippen molar-refractivity contribution in [2.75, 3.05) is 10.2 Å². The highest BCUT2D eigenvalue weighted by Crippen LogP contribution is 2.35. The summed E-state index contributed by atoms with van der Waals surface area (Å²) in [5, 5.41) is 6.00. The van der Waals surface area contributed by atoms with Crippen LogP contribution in [0.3, 0.4) is 0 Å². The van der Waals surface area contributed by atoms with Gasteiger partial charge in [-0.15, -0.1) is 23.1 Å². The summed E-state index contributed by atoms with van der Waals surface area (Å²) in [6.45, 7) is 1.51. The van der Waals surface area contributed by atoms with Gasteiger partial charge in [-0.2, -0.15) is 0 Å². The first kappa shape index (κ1) is 22.3. The number of para-hydroxylation sites is 1. The SMILES string of the molecule is CC(=O)N(c1ccccc1)c1nc(/C=C/C(=O)Nc2ccc(SC3CCCC3)cc2)cs1. The number of hydrogen-bond acceptors (Lipinski definition) is 5. The third kappa shape index (κ3) is 5.87. The molecule has 5 nitrogen and oxygen atoms in total. The molecule has 2 amide bonds. The van der Waals surface area contributed by atoms with Gasteiger partial charge in [-0.3, -0.25) is 14.5 Å². The summed E-state index contributed by atoms with van der Waals surface area (Å²) in [5.41, 5.74) is 2.16. The van der Waals surface area contributed by atoms with Gasteiger partial charge in [0.2, 0.25) is 11.8 Å². The van der Waals surface area contributed by atoms with E-state index in [0.717, 1.165) is 16.6 Å². The second-order valence-electron chi connectivity index (χ2n) is 7.62. The minimum atomic E-state index is -0.220. The molecule has 1 aliphatic rings. The van der Waals surface area contributed by atoms with Crippen molar-refractivity contribution in [3.8, 4) is 0 Å². The number of benzene rings is 2. The van der Waals surface area contributed by atoms with Crippen molar-refractivity contribution in [1.82, 2.24) is 4.98 Å². The predicted molar refractivity (Wildman–Crippen MR) is 134 cm³/mol. The predicted octanol–water partition coefficient (Wildman–Crippen LogP) is 6.51. The van der Waals surface area contributed by atoms with Crippen LogP contribution in [0.15, 0.2) is 70.9 Å². The summed E-state index contributed by atoms with van der Waals surface area (Å²) in [6.07, 6.45) is 8.36. The van der Waals surface area contributed by atoms with Gasteiger partial charge in [-0.1, -0.05) is 31.0 Å². The number of carbonyl (C=O) groups is 2. The molecule has 164 valence electrons. The molecule has 0 aliphatic heterocycles. The molecule has 4 rings (SSSR count). The second-order valence-corrected chi connectivity index (χ2v) is 9.83. The first-order chi connectivity index (χ1) is 15.6. The lowest BCUT2D eigenvalue weighted by atomic mass is 10.3. The summed E-state index contributed by atoms with van der Waals surface area (Å²) < 4.78 is 0. The van der Waals surface area contributed by atoms with E-state index in [-0.39, 0.29) is 11.8 Å². The normalized spacial score (nSPS) is 14.0. The maximum atomic E-state index is 12.3. The Labute approximate surface area is 196 Å². The van der Waals surface area contributed by atoms with Gasteiger partial charge in [-0.25, -0.2) is 4.98 Å². The van der Waals surface area contributed by atoms with Gasteiger partial charge in [0, 0.05) is 34.2 Å². The molecule has 0 spiro atoms. The molecule has 0 radical (unpaired) electrons. The van der Waals surface area contributed by atoms with Gasteiger partial charge < -0.3 is 5.32 Å². The van der Waals surface area contributed by atoms with Gasteiger partial charge in [-0.05, 0) is 55.3 Å². The monoisotopic (exact) mass is 463 g/mol. The molecule has 1 saturated carbocycles. The Morgan fingerprint density at radius 1 is 1.09 bits per heavy atom. The van der Waals surface area contributed by atoms with E-state index >= 15 is 0 Å². The van der Waals surface area contributed by atoms with E-state index in [0.29, 0.717) is 10.8 Å².